The monoisotopic (exact) mass is 431 g/mol. The molecule has 32 heavy (non-hydrogen) atoms. The molecule has 2 aromatic heterocycles. The van der Waals surface area contributed by atoms with Crippen LogP contribution in [0.5, 0.6) is 0 Å². The van der Waals surface area contributed by atoms with Crippen molar-refractivity contribution in [1.29, 1.82) is 0 Å². The molecule has 0 atom stereocenters. The average molecular weight is 431 g/mol. The van der Waals surface area contributed by atoms with Crippen LogP contribution in [0.2, 0.25) is 0 Å². The second-order valence-corrected chi connectivity index (χ2v) is 7.77. The zero-order valence-corrected chi connectivity index (χ0v) is 18.2. The van der Waals surface area contributed by atoms with E-state index in [-0.39, 0.29) is 17.2 Å². The van der Waals surface area contributed by atoms with Crippen LogP contribution in [0, 0.1) is 6.92 Å². The number of rotatable bonds is 8. The number of hydrogen-bond acceptors (Lipinski definition) is 6. The summed E-state index contributed by atoms with van der Waals surface area (Å²) in [7, 11) is 1.55. The largest absolute Gasteiger partial charge is 0.351 e. The molecule has 4 rings (SSSR count). The smallest absolute Gasteiger partial charge is 0.274 e. The number of hydrogen-bond donors (Lipinski definition) is 1. The van der Waals surface area contributed by atoms with Crippen LogP contribution in [0.15, 0.2) is 57.8 Å². The van der Waals surface area contributed by atoms with E-state index in [0.717, 1.165) is 24.8 Å². The quantitative estimate of drug-likeness (QED) is 0.429. The topological polar surface area (TPSA) is 103 Å². The molecule has 0 spiro atoms. The Morgan fingerprint density at radius 2 is 1.78 bits per heavy atom. The van der Waals surface area contributed by atoms with Gasteiger partial charge in [-0.25, -0.2) is 4.68 Å². The van der Waals surface area contributed by atoms with E-state index < -0.39 is 0 Å². The molecule has 1 amide bonds. The van der Waals surface area contributed by atoms with E-state index in [9.17, 15) is 9.59 Å². The van der Waals surface area contributed by atoms with Crippen LogP contribution < -0.4 is 10.9 Å². The summed E-state index contributed by atoms with van der Waals surface area (Å²) in [6.45, 7) is 2.56. The van der Waals surface area contributed by atoms with Crippen LogP contribution in [0.25, 0.3) is 22.2 Å². The fraction of sp³-hybridized carbons (Fsp3) is 0.292. The summed E-state index contributed by atoms with van der Waals surface area (Å²) in [5.74, 6) is 0.936. The van der Waals surface area contributed by atoms with Crippen molar-refractivity contribution in [2.45, 2.75) is 32.6 Å². The number of amides is 1. The van der Waals surface area contributed by atoms with Gasteiger partial charge in [-0.3, -0.25) is 9.59 Å². The van der Waals surface area contributed by atoms with Gasteiger partial charge in [0.2, 0.25) is 11.7 Å². The molecule has 0 bridgehead atoms. The number of fused-ring (bicyclic) bond motifs is 1. The SMILES string of the molecule is Cc1ccc(-c2noc(CCCCCNC(=O)c3nn(C)c(=O)c4ccccc34)n2)cc1. The fourth-order valence-electron chi connectivity index (χ4n) is 3.51. The predicted molar refractivity (Wildman–Crippen MR) is 121 cm³/mol. The van der Waals surface area contributed by atoms with E-state index >= 15 is 0 Å². The average Bonchev–Trinajstić information content (AvgIpc) is 3.28. The van der Waals surface area contributed by atoms with Crippen molar-refractivity contribution < 1.29 is 9.32 Å². The highest BCUT2D eigenvalue weighted by molar-refractivity contribution is 6.04. The third-order valence-corrected chi connectivity index (χ3v) is 5.30. The van der Waals surface area contributed by atoms with Gasteiger partial charge in [0, 0.05) is 31.0 Å². The van der Waals surface area contributed by atoms with Crippen molar-refractivity contribution in [3.63, 3.8) is 0 Å². The predicted octanol–water partition coefficient (Wildman–Crippen LogP) is 3.43. The normalized spacial score (nSPS) is 11.1. The molecule has 2 aromatic carbocycles. The van der Waals surface area contributed by atoms with Crippen LogP contribution in [0.4, 0.5) is 0 Å². The van der Waals surface area contributed by atoms with Crippen molar-refractivity contribution >= 4 is 16.7 Å². The number of aryl methyl sites for hydroxylation is 3. The lowest BCUT2D eigenvalue weighted by molar-refractivity contribution is 0.0947. The molecule has 0 aliphatic rings. The summed E-state index contributed by atoms with van der Waals surface area (Å²) in [6, 6.07) is 15.0. The molecule has 8 nitrogen and oxygen atoms in total. The van der Waals surface area contributed by atoms with Crippen LogP contribution in [-0.2, 0) is 13.5 Å². The Labute approximate surface area is 185 Å². The summed E-state index contributed by atoms with van der Waals surface area (Å²) in [5.41, 5.74) is 2.17. The molecule has 0 aliphatic heterocycles. The van der Waals surface area contributed by atoms with Gasteiger partial charge in [0.05, 0.1) is 5.39 Å². The Morgan fingerprint density at radius 1 is 1.03 bits per heavy atom. The van der Waals surface area contributed by atoms with Gasteiger partial charge in [-0.15, -0.1) is 0 Å². The molecule has 0 unspecified atom stereocenters. The first-order chi connectivity index (χ1) is 15.5. The number of aromatic nitrogens is 4. The lowest BCUT2D eigenvalue weighted by atomic mass is 10.1. The number of carbonyl (C=O) groups is 1. The zero-order valence-electron chi connectivity index (χ0n) is 18.2. The van der Waals surface area contributed by atoms with Crippen LogP contribution in [0.3, 0.4) is 0 Å². The Bertz CT molecular complexity index is 1290. The lowest BCUT2D eigenvalue weighted by Gasteiger charge is -2.08. The highest BCUT2D eigenvalue weighted by Crippen LogP contribution is 2.17. The molecular weight excluding hydrogens is 406 g/mol. The van der Waals surface area contributed by atoms with Crippen LogP contribution in [-0.4, -0.2) is 32.4 Å². The lowest BCUT2D eigenvalue weighted by Crippen LogP contribution is -2.30. The molecular formula is C24H25N5O3. The number of benzene rings is 2. The second kappa shape index (κ2) is 9.55. The summed E-state index contributed by atoms with van der Waals surface area (Å²) >= 11 is 0. The molecule has 0 saturated carbocycles. The Balaban J connectivity index is 1.25. The number of nitrogens with zero attached hydrogens (tertiary/aromatic N) is 4. The van der Waals surface area contributed by atoms with E-state index in [2.05, 4.69) is 20.6 Å². The van der Waals surface area contributed by atoms with E-state index in [1.54, 1.807) is 31.3 Å². The molecule has 1 N–H and O–H groups in total. The van der Waals surface area contributed by atoms with Crippen molar-refractivity contribution in [1.82, 2.24) is 25.2 Å². The van der Waals surface area contributed by atoms with E-state index in [4.69, 9.17) is 4.52 Å². The van der Waals surface area contributed by atoms with Crippen molar-refractivity contribution in [2.24, 2.45) is 7.05 Å². The van der Waals surface area contributed by atoms with Crippen molar-refractivity contribution in [3.05, 3.63) is 76.0 Å². The maximum absolute atomic E-state index is 12.6. The van der Waals surface area contributed by atoms with Gasteiger partial charge < -0.3 is 9.84 Å². The third kappa shape index (κ3) is 4.74. The van der Waals surface area contributed by atoms with E-state index in [0.29, 0.717) is 35.5 Å². The Hall–Kier alpha value is -3.81. The molecule has 0 radical (unpaired) electrons. The fourth-order valence-corrected chi connectivity index (χ4v) is 3.51. The first-order valence-electron chi connectivity index (χ1n) is 10.7. The van der Waals surface area contributed by atoms with Gasteiger partial charge in [-0.2, -0.15) is 10.1 Å². The first kappa shape index (κ1) is 21.4. The van der Waals surface area contributed by atoms with Crippen molar-refractivity contribution in [3.8, 4) is 11.4 Å². The molecule has 4 aromatic rings. The van der Waals surface area contributed by atoms with Gasteiger partial charge in [-0.05, 0) is 25.8 Å². The molecule has 164 valence electrons. The Morgan fingerprint density at radius 3 is 2.56 bits per heavy atom. The van der Waals surface area contributed by atoms with Gasteiger partial charge in [0.15, 0.2) is 5.69 Å². The maximum atomic E-state index is 12.6. The minimum absolute atomic E-state index is 0.219. The van der Waals surface area contributed by atoms with Gasteiger partial charge in [-0.1, -0.05) is 59.6 Å². The minimum atomic E-state index is -0.281. The first-order valence-corrected chi connectivity index (χ1v) is 10.7. The number of nitrogens with one attached hydrogen (secondary N) is 1. The number of unbranched alkanes of at least 4 members (excludes halogenated alkanes) is 2. The molecule has 2 heterocycles. The summed E-state index contributed by atoms with van der Waals surface area (Å²) in [5, 5.41) is 12.2. The van der Waals surface area contributed by atoms with Gasteiger partial charge >= 0.3 is 0 Å². The zero-order chi connectivity index (χ0) is 22.5. The molecule has 8 heteroatoms. The highest BCUT2D eigenvalue weighted by atomic mass is 16.5. The minimum Gasteiger partial charge on any atom is -0.351 e. The number of carbonyl (C=O) groups excluding carboxylic acids is 1. The third-order valence-electron chi connectivity index (χ3n) is 5.30. The standard InChI is InChI=1S/C24H25N5O3/c1-16-11-13-17(14-12-16)22-26-20(32-28-22)10-4-3-7-15-25-23(30)21-18-8-5-6-9-19(18)24(31)29(2)27-21/h5-6,8-9,11-14H,3-4,7,10,15H2,1-2H3,(H,25,30). The Kier molecular flexibility index (Phi) is 6.39. The summed E-state index contributed by atoms with van der Waals surface area (Å²) in [6.07, 6.45) is 3.30. The summed E-state index contributed by atoms with van der Waals surface area (Å²) in [4.78, 5) is 29.3. The summed E-state index contributed by atoms with van der Waals surface area (Å²) < 4.78 is 6.55. The second-order valence-electron chi connectivity index (χ2n) is 7.77. The van der Waals surface area contributed by atoms with Crippen LogP contribution >= 0.6 is 0 Å². The van der Waals surface area contributed by atoms with Gasteiger partial charge in [0.25, 0.3) is 11.5 Å². The molecule has 0 saturated heterocycles. The van der Waals surface area contributed by atoms with Gasteiger partial charge in [0.1, 0.15) is 0 Å². The molecule has 0 aliphatic carbocycles. The molecule has 0 fully saturated rings. The van der Waals surface area contributed by atoms with E-state index in [1.165, 1.54) is 10.2 Å². The highest BCUT2D eigenvalue weighted by Gasteiger charge is 2.15. The maximum Gasteiger partial charge on any atom is 0.274 e. The van der Waals surface area contributed by atoms with E-state index in [1.807, 2.05) is 31.2 Å². The van der Waals surface area contributed by atoms with Crippen LogP contribution in [0.1, 0.15) is 41.2 Å². The van der Waals surface area contributed by atoms with Crippen molar-refractivity contribution in [2.75, 3.05) is 6.54 Å².